The van der Waals surface area contributed by atoms with E-state index >= 15 is 0 Å². The van der Waals surface area contributed by atoms with Crippen molar-refractivity contribution in [3.05, 3.63) is 485 Å². The first-order chi connectivity index (χ1) is 65.4. The molecule has 0 N–H and O–H groups in total. The van der Waals surface area contributed by atoms with E-state index in [4.69, 9.17) is 29.9 Å². The summed E-state index contributed by atoms with van der Waals surface area (Å²) in [6, 6.07) is 173. The van der Waals surface area contributed by atoms with Gasteiger partial charge in [-0.2, -0.15) is 0 Å². The van der Waals surface area contributed by atoms with E-state index in [0.717, 1.165) is 88.6 Å². The zero-order valence-electron chi connectivity index (χ0n) is 71.9. The number of hydrogen-bond donors (Lipinski definition) is 0. The van der Waals surface area contributed by atoms with Crippen molar-refractivity contribution < 1.29 is 0 Å². The van der Waals surface area contributed by atoms with Crippen LogP contribution in [0, 0.1) is 0 Å². The number of nitrogens with zero attached hydrogens (tertiary/aromatic N) is 6. The van der Waals surface area contributed by atoms with Gasteiger partial charge in [0.15, 0.2) is 23.3 Å². The third-order valence-corrected chi connectivity index (χ3v) is 25.9. The highest BCUT2D eigenvalue weighted by Crippen LogP contribution is 2.50. The van der Waals surface area contributed by atoms with Crippen LogP contribution in [0.4, 0.5) is 0 Å². The van der Waals surface area contributed by atoms with Crippen LogP contribution in [0.15, 0.2) is 485 Å². The summed E-state index contributed by atoms with van der Waals surface area (Å²) < 4.78 is 0. The van der Waals surface area contributed by atoms with Gasteiger partial charge in [0.1, 0.15) is 0 Å². The SMILES string of the molecule is c1ccc(-c2nc(-c3c4ccccc4c(-c4ccccc4)c4ccccc34)nc3ccccc23)cc1.c1ccc(-c2nc(-c3ccccc3)nc(-c3ccc4c(-c5ccc6ccccc6c5)c5ccccc5c(-c5ccc6ccccc6c5)c4c3)n2)cc1.c1ccc2cc(-c3c4ccccc4c(-c4ccc5ccccc5c4)c4cc(-c5ccc6ccccc6n5)ccc34)ccc2c1. The van der Waals surface area contributed by atoms with E-state index in [1.54, 1.807) is 0 Å². The normalized spacial score (nSPS) is 11.5. The number of para-hydroxylation sites is 2. The van der Waals surface area contributed by atoms with Crippen molar-refractivity contribution in [2.45, 2.75) is 0 Å². The summed E-state index contributed by atoms with van der Waals surface area (Å²) in [5, 5.41) is 26.6. The smallest absolute Gasteiger partial charge is 0.164 e. The van der Waals surface area contributed by atoms with Gasteiger partial charge < -0.3 is 0 Å². The summed E-state index contributed by atoms with van der Waals surface area (Å²) in [6.45, 7) is 0. The number of benzene rings is 23. The van der Waals surface area contributed by atoms with Gasteiger partial charge in [-0.1, -0.05) is 431 Å². The second kappa shape index (κ2) is 33.6. The molecule has 0 fully saturated rings. The Bertz CT molecular complexity index is 8920. The Balaban J connectivity index is 0.000000111. The first-order valence-electron chi connectivity index (χ1n) is 44.9. The summed E-state index contributed by atoms with van der Waals surface area (Å²) in [4.78, 5) is 30.6. The van der Waals surface area contributed by atoms with Crippen LogP contribution < -0.4 is 0 Å². The molecule has 26 rings (SSSR count). The molecule has 26 aromatic rings. The minimum atomic E-state index is 0.638. The van der Waals surface area contributed by atoms with Gasteiger partial charge in [0.05, 0.1) is 22.4 Å². The van der Waals surface area contributed by atoms with E-state index in [9.17, 15) is 0 Å². The number of fused-ring (bicyclic) bond motifs is 12. The van der Waals surface area contributed by atoms with Crippen molar-refractivity contribution in [2.24, 2.45) is 0 Å². The molecular formula is C126H80N6. The van der Waals surface area contributed by atoms with Crippen molar-refractivity contribution in [1.29, 1.82) is 0 Å². The van der Waals surface area contributed by atoms with Crippen LogP contribution >= 0.6 is 0 Å². The van der Waals surface area contributed by atoms with E-state index in [1.807, 2.05) is 72.8 Å². The molecule has 23 aromatic carbocycles. The first kappa shape index (κ1) is 77.9. The van der Waals surface area contributed by atoms with Crippen LogP contribution in [-0.2, 0) is 0 Å². The van der Waals surface area contributed by atoms with E-state index in [2.05, 4.69) is 413 Å². The Hall–Kier alpha value is -17.6. The Morgan fingerprint density at radius 1 is 0.114 bits per heavy atom. The molecule has 0 aliphatic heterocycles. The van der Waals surface area contributed by atoms with Gasteiger partial charge >= 0.3 is 0 Å². The van der Waals surface area contributed by atoms with Crippen molar-refractivity contribution in [3.63, 3.8) is 0 Å². The predicted octanol–water partition coefficient (Wildman–Crippen LogP) is 33.6. The largest absolute Gasteiger partial charge is 0.248 e. The zero-order valence-corrected chi connectivity index (χ0v) is 71.9. The van der Waals surface area contributed by atoms with Crippen molar-refractivity contribution >= 4 is 130 Å². The molecule has 6 heteroatoms. The second-order valence-corrected chi connectivity index (χ2v) is 33.8. The number of hydrogen-bond acceptors (Lipinski definition) is 6. The van der Waals surface area contributed by atoms with Crippen LogP contribution in [0.5, 0.6) is 0 Å². The molecule has 3 aromatic heterocycles. The summed E-state index contributed by atoms with van der Waals surface area (Å²) >= 11 is 0. The molecule has 0 aliphatic carbocycles. The van der Waals surface area contributed by atoms with Gasteiger partial charge in [0, 0.05) is 44.2 Å². The lowest BCUT2D eigenvalue weighted by molar-refractivity contribution is 1.07. The van der Waals surface area contributed by atoms with Gasteiger partial charge in [-0.05, 0) is 218 Å². The number of rotatable bonds is 11. The van der Waals surface area contributed by atoms with Crippen molar-refractivity contribution in [2.75, 3.05) is 0 Å². The fraction of sp³-hybridized carbons (Fsp3) is 0. The van der Waals surface area contributed by atoms with Gasteiger partial charge in [-0.3, -0.25) is 0 Å². The average Bonchev–Trinajstić information content (AvgIpc) is 0.733. The van der Waals surface area contributed by atoms with E-state index < -0.39 is 0 Å². The molecule has 0 radical (unpaired) electrons. The molecule has 132 heavy (non-hydrogen) atoms. The van der Waals surface area contributed by atoms with Crippen LogP contribution in [0.1, 0.15) is 0 Å². The van der Waals surface area contributed by atoms with E-state index in [0.29, 0.717) is 17.5 Å². The molecule has 0 amide bonds. The second-order valence-electron chi connectivity index (χ2n) is 33.8. The highest BCUT2D eigenvalue weighted by Gasteiger charge is 2.25. The topological polar surface area (TPSA) is 77.3 Å². The minimum Gasteiger partial charge on any atom is -0.248 e. The molecule has 0 saturated heterocycles. The van der Waals surface area contributed by atoms with Crippen molar-refractivity contribution in [3.8, 4) is 124 Å². The van der Waals surface area contributed by atoms with Gasteiger partial charge in [0.2, 0.25) is 0 Å². The maximum absolute atomic E-state index is 5.23. The molecule has 6 nitrogen and oxygen atoms in total. The third-order valence-electron chi connectivity index (χ3n) is 25.9. The zero-order chi connectivity index (χ0) is 87.4. The van der Waals surface area contributed by atoms with Gasteiger partial charge in [-0.15, -0.1) is 0 Å². The van der Waals surface area contributed by atoms with Gasteiger partial charge in [-0.25, -0.2) is 29.9 Å². The first-order valence-corrected chi connectivity index (χ1v) is 44.9. The number of pyridine rings is 1. The molecule has 0 spiro atoms. The summed E-state index contributed by atoms with van der Waals surface area (Å²) in [6.07, 6.45) is 0. The summed E-state index contributed by atoms with van der Waals surface area (Å²) in [7, 11) is 0. The minimum absolute atomic E-state index is 0.638. The number of aromatic nitrogens is 6. The highest BCUT2D eigenvalue weighted by molar-refractivity contribution is 6.26. The Morgan fingerprint density at radius 3 is 0.795 bits per heavy atom. The lowest BCUT2D eigenvalue weighted by Crippen LogP contribution is -2.00. The molecule has 0 unspecified atom stereocenters. The lowest BCUT2D eigenvalue weighted by atomic mass is 9.84. The molecular weight excluding hydrogens is 1600 g/mol. The molecule has 3 heterocycles. The Labute approximate surface area is 763 Å². The molecule has 0 saturated carbocycles. The van der Waals surface area contributed by atoms with Crippen molar-refractivity contribution in [1.82, 2.24) is 29.9 Å². The molecule has 0 bridgehead atoms. The fourth-order valence-corrected chi connectivity index (χ4v) is 19.7. The maximum Gasteiger partial charge on any atom is 0.164 e. The average molecular weight is 1680 g/mol. The summed E-state index contributed by atoms with van der Waals surface area (Å²) in [5.74, 6) is 2.68. The van der Waals surface area contributed by atoms with Crippen LogP contribution in [0.3, 0.4) is 0 Å². The van der Waals surface area contributed by atoms with Crippen LogP contribution in [0.2, 0.25) is 0 Å². The third kappa shape index (κ3) is 14.4. The predicted molar refractivity (Wildman–Crippen MR) is 556 cm³/mol. The van der Waals surface area contributed by atoms with E-state index in [1.165, 1.54) is 147 Å². The monoisotopic (exact) mass is 1680 g/mol. The van der Waals surface area contributed by atoms with Crippen LogP contribution in [0.25, 0.3) is 253 Å². The molecule has 0 aliphatic rings. The standard InChI is InChI=1S/C49H31N3.C43H27N.C34H22N2/c1-3-15-34(16-4-1)47-50-48(35-17-5-2-6-18-35)52-49(51-47)40-27-28-43-44(31-40)46(39-26-24-33-14-8-10-20-37(33)30-39)42-22-12-11-21-41(42)45(43)38-25-23-32-13-7-9-19-36(32)29-38;1-3-12-31-25-34(19-17-28(31)9-1)42-36-14-6-7-15-37(36)43(35-20-18-29-10-2-4-13-32(29)26-35)39-27-33(21-23-38(39)42)41-24-22-30-11-5-8-16-40(30)44-41;1-3-13-23(14-4-1)31-25-17-7-9-19-27(25)32(28-20-10-8-18-26(28)31)34-35-30-22-12-11-21-29(30)33(36-34)24-15-5-2-6-16-24/h1-31H;1-27H;1-22H. The fourth-order valence-electron chi connectivity index (χ4n) is 19.7. The van der Waals surface area contributed by atoms with E-state index in [-0.39, 0.29) is 0 Å². The highest BCUT2D eigenvalue weighted by atomic mass is 15.0. The Kier molecular flexibility index (Phi) is 19.9. The Morgan fingerprint density at radius 2 is 0.386 bits per heavy atom. The molecule has 614 valence electrons. The van der Waals surface area contributed by atoms with Crippen LogP contribution in [-0.4, -0.2) is 29.9 Å². The summed E-state index contributed by atoms with van der Waals surface area (Å²) in [5.41, 5.74) is 22.2. The molecule has 0 atom stereocenters. The maximum atomic E-state index is 5.23. The van der Waals surface area contributed by atoms with Gasteiger partial charge in [0.25, 0.3) is 0 Å². The quantitative estimate of drug-likeness (QED) is 0.120. The lowest BCUT2D eigenvalue weighted by Gasteiger charge is -2.19.